The molecule has 7 atom stereocenters. The van der Waals surface area contributed by atoms with Crippen LogP contribution in [0.25, 0.3) is 0 Å². The molecular formula is C31H42O7. The molecule has 2 saturated carbocycles. The summed E-state index contributed by atoms with van der Waals surface area (Å²) in [6, 6.07) is 0. The van der Waals surface area contributed by atoms with E-state index in [4.69, 9.17) is 4.74 Å². The number of fused-ring (bicyclic) bond motifs is 4. The van der Waals surface area contributed by atoms with Gasteiger partial charge in [-0.2, -0.15) is 0 Å². The van der Waals surface area contributed by atoms with Gasteiger partial charge in [0.15, 0.2) is 11.6 Å². The van der Waals surface area contributed by atoms with E-state index in [0.29, 0.717) is 24.0 Å². The molecule has 0 aromatic carbocycles. The van der Waals surface area contributed by atoms with Crippen molar-refractivity contribution in [2.24, 2.45) is 45.3 Å². The molecule has 0 aromatic rings. The van der Waals surface area contributed by atoms with Crippen LogP contribution in [0.5, 0.6) is 0 Å². The van der Waals surface area contributed by atoms with Crippen LogP contribution in [0, 0.1) is 45.3 Å². The van der Waals surface area contributed by atoms with Crippen LogP contribution < -0.4 is 0 Å². The van der Waals surface area contributed by atoms with Crippen LogP contribution in [-0.4, -0.2) is 42.0 Å². The third kappa shape index (κ3) is 3.74. The van der Waals surface area contributed by atoms with Crippen molar-refractivity contribution < 1.29 is 33.5 Å². The molecule has 4 aliphatic carbocycles. The highest BCUT2D eigenvalue weighted by molar-refractivity contribution is 6.16. The monoisotopic (exact) mass is 526 g/mol. The Morgan fingerprint density at radius 3 is 2.13 bits per heavy atom. The first-order valence-corrected chi connectivity index (χ1v) is 13.9. The third-order valence-corrected chi connectivity index (χ3v) is 11.3. The van der Waals surface area contributed by atoms with Gasteiger partial charge in [-0.3, -0.25) is 28.8 Å². The zero-order valence-corrected chi connectivity index (χ0v) is 24.1. The highest BCUT2D eigenvalue weighted by Gasteiger charge is 2.70. The number of hydrogen-bond acceptors (Lipinski definition) is 7. The van der Waals surface area contributed by atoms with Gasteiger partial charge in [0.25, 0.3) is 0 Å². The molecule has 7 nitrogen and oxygen atoms in total. The molecule has 0 bridgehead atoms. The Hall–Kier alpha value is -2.44. The lowest BCUT2D eigenvalue weighted by Crippen LogP contribution is -2.59. The Balaban J connectivity index is 1.73. The molecule has 4 aliphatic rings. The summed E-state index contributed by atoms with van der Waals surface area (Å²) in [5, 5.41) is 0. The number of rotatable bonds is 6. The maximum atomic E-state index is 14.0. The molecule has 1 unspecified atom stereocenters. The number of ketones is 5. The number of carbonyl (C=O) groups excluding carboxylic acids is 6. The van der Waals surface area contributed by atoms with E-state index in [2.05, 4.69) is 0 Å². The van der Waals surface area contributed by atoms with Gasteiger partial charge in [-0.15, -0.1) is 0 Å². The van der Waals surface area contributed by atoms with Gasteiger partial charge < -0.3 is 4.74 Å². The fourth-order valence-corrected chi connectivity index (χ4v) is 8.85. The van der Waals surface area contributed by atoms with E-state index in [0.717, 1.165) is 0 Å². The average Bonchev–Trinajstić information content (AvgIpc) is 3.03. The van der Waals surface area contributed by atoms with Crippen LogP contribution in [0.2, 0.25) is 0 Å². The van der Waals surface area contributed by atoms with Crippen LogP contribution in [0.1, 0.15) is 93.4 Å². The van der Waals surface area contributed by atoms with Crippen LogP contribution in [0.15, 0.2) is 11.1 Å². The van der Waals surface area contributed by atoms with Crippen molar-refractivity contribution in [1.29, 1.82) is 0 Å². The molecule has 4 rings (SSSR count). The Morgan fingerprint density at radius 2 is 1.53 bits per heavy atom. The van der Waals surface area contributed by atoms with Crippen LogP contribution in [0.3, 0.4) is 0 Å². The second kappa shape index (κ2) is 9.06. The summed E-state index contributed by atoms with van der Waals surface area (Å²) in [7, 11) is 1.29. The zero-order valence-electron chi connectivity index (χ0n) is 24.1. The average molecular weight is 527 g/mol. The lowest BCUT2D eigenvalue weighted by Gasteiger charge is -2.58. The van der Waals surface area contributed by atoms with E-state index in [1.807, 2.05) is 41.5 Å². The van der Waals surface area contributed by atoms with Gasteiger partial charge in [0.05, 0.1) is 18.4 Å². The van der Waals surface area contributed by atoms with Crippen molar-refractivity contribution in [2.45, 2.75) is 93.4 Å². The van der Waals surface area contributed by atoms with E-state index in [-0.39, 0.29) is 78.8 Å². The molecule has 0 aliphatic heterocycles. The van der Waals surface area contributed by atoms with Crippen molar-refractivity contribution in [1.82, 2.24) is 0 Å². The number of allylic oxidation sites excluding steroid dienone is 2. The van der Waals surface area contributed by atoms with E-state index < -0.39 is 33.5 Å². The van der Waals surface area contributed by atoms with E-state index in [1.54, 1.807) is 6.92 Å². The smallest absolute Gasteiger partial charge is 0.308 e. The van der Waals surface area contributed by atoms with Crippen molar-refractivity contribution in [3.8, 4) is 0 Å². The second-order valence-corrected chi connectivity index (χ2v) is 13.7. The second-order valence-electron chi connectivity index (χ2n) is 13.7. The molecule has 0 heterocycles. The third-order valence-electron chi connectivity index (χ3n) is 11.3. The van der Waals surface area contributed by atoms with Crippen LogP contribution in [0.4, 0.5) is 0 Å². The predicted molar refractivity (Wildman–Crippen MR) is 140 cm³/mol. The summed E-state index contributed by atoms with van der Waals surface area (Å²) in [5.74, 6) is -2.00. The summed E-state index contributed by atoms with van der Waals surface area (Å²) in [6.45, 7) is 13.1. The number of hydrogen-bond donors (Lipinski definition) is 0. The van der Waals surface area contributed by atoms with E-state index in [9.17, 15) is 28.8 Å². The Morgan fingerprint density at radius 1 is 0.895 bits per heavy atom. The number of Topliss-reactive ketones (excluding diaryl/α,β-unsaturated/α-hetero) is 5. The predicted octanol–water partition coefficient (Wildman–Crippen LogP) is 4.64. The molecule has 208 valence electrons. The van der Waals surface area contributed by atoms with Gasteiger partial charge >= 0.3 is 5.97 Å². The van der Waals surface area contributed by atoms with Gasteiger partial charge in [-0.25, -0.2) is 0 Å². The minimum absolute atomic E-state index is 0.0474. The summed E-state index contributed by atoms with van der Waals surface area (Å²) in [6.07, 6.45) is 1.61. The standard InChI is InChI=1S/C31H42O7/c1-16(11-18(32)12-17(2)27(37)38-8)19-13-24(36)31(7)26-20(33)14-22-28(3,4)23(35)9-10-29(22,5)25(26)21(34)15-30(19,31)6/h16-17,19,22H,9-15H2,1-8H3/t16-,17-,19-,22?,29+,30-,31+/m1/s1. The van der Waals surface area contributed by atoms with Crippen LogP contribution in [-0.2, 0) is 33.5 Å². The molecule has 2 fully saturated rings. The molecular weight excluding hydrogens is 484 g/mol. The molecule has 7 heteroatoms. The van der Waals surface area contributed by atoms with Gasteiger partial charge in [-0.1, -0.05) is 41.5 Å². The lowest BCUT2D eigenvalue weighted by molar-refractivity contribution is -0.147. The normalized spacial score (nSPS) is 37.8. The van der Waals surface area contributed by atoms with E-state index in [1.165, 1.54) is 7.11 Å². The minimum Gasteiger partial charge on any atom is -0.469 e. The maximum absolute atomic E-state index is 14.0. The summed E-state index contributed by atoms with van der Waals surface area (Å²) < 4.78 is 4.74. The zero-order chi connectivity index (χ0) is 28.6. The van der Waals surface area contributed by atoms with Crippen LogP contribution >= 0.6 is 0 Å². The van der Waals surface area contributed by atoms with Gasteiger partial charge in [0, 0.05) is 60.5 Å². The number of methoxy groups -OCH3 is 1. The fourth-order valence-electron chi connectivity index (χ4n) is 8.85. The van der Waals surface area contributed by atoms with Gasteiger partial charge in [-0.05, 0) is 36.5 Å². The summed E-state index contributed by atoms with van der Waals surface area (Å²) >= 11 is 0. The van der Waals surface area contributed by atoms with E-state index >= 15 is 0 Å². The minimum atomic E-state index is -1.12. The van der Waals surface area contributed by atoms with Crippen molar-refractivity contribution in [3.05, 3.63) is 11.1 Å². The Kier molecular flexibility index (Phi) is 6.81. The molecule has 38 heavy (non-hydrogen) atoms. The molecule has 0 aromatic heterocycles. The lowest BCUT2D eigenvalue weighted by atomic mass is 9.43. The highest BCUT2D eigenvalue weighted by atomic mass is 16.5. The van der Waals surface area contributed by atoms with Crippen molar-refractivity contribution in [2.75, 3.05) is 7.11 Å². The SMILES string of the molecule is COC(=O)[C@H](C)CC(=O)C[C@@H](C)[C@H]1CC(=O)[C@@]2(C)C3=C(C(=O)C[C@]12C)[C@@]1(C)CCC(=O)C(C)(C)C1CC3=O. The largest absolute Gasteiger partial charge is 0.469 e. The Labute approximate surface area is 225 Å². The summed E-state index contributed by atoms with van der Waals surface area (Å²) in [4.78, 5) is 79.3. The van der Waals surface area contributed by atoms with Crippen molar-refractivity contribution in [3.63, 3.8) is 0 Å². The molecule has 0 spiro atoms. The molecule has 0 amide bonds. The number of ether oxygens (including phenoxy) is 1. The first kappa shape index (κ1) is 28.6. The van der Waals surface area contributed by atoms with Gasteiger partial charge in [0.2, 0.25) is 0 Å². The molecule has 0 saturated heterocycles. The first-order valence-electron chi connectivity index (χ1n) is 13.9. The first-order chi connectivity index (χ1) is 17.5. The van der Waals surface area contributed by atoms with Gasteiger partial charge in [0.1, 0.15) is 17.3 Å². The summed E-state index contributed by atoms with van der Waals surface area (Å²) in [5.41, 5.74) is -2.40. The fraction of sp³-hybridized carbons (Fsp3) is 0.742. The van der Waals surface area contributed by atoms with Crippen molar-refractivity contribution >= 4 is 34.9 Å². The maximum Gasteiger partial charge on any atom is 0.308 e. The molecule has 0 N–H and O–H groups in total. The topological polar surface area (TPSA) is 112 Å². The Bertz CT molecular complexity index is 1170. The quantitative estimate of drug-likeness (QED) is 0.464. The molecule has 0 radical (unpaired) electrons. The number of esters is 1. The highest BCUT2D eigenvalue weighted by Crippen LogP contribution is 2.69. The number of carbonyl (C=O) groups is 6.